The van der Waals surface area contributed by atoms with Crippen molar-refractivity contribution in [2.24, 2.45) is 0 Å². The summed E-state index contributed by atoms with van der Waals surface area (Å²) in [6.07, 6.45) is 1.83. The number of rotatable bonds is 6. The Hall–Kier alpha value is -3.04. The molecule has 1 aliphatic heterocycles. The highest BCUT2D eigenvalue weighted by Gasteiger charge is 2.21. The maximum Gasteiger partial charge on any atom is 0.195 e. The predicted octanol–water partition coefficient (Wildman–Crippen LogP) is 2.13. The maximum absolute atomic E-state index is 9.06. The lowest BCUT2D eigenvalue weighted by Gasteiger charge is -2.27. The van der Waals surface area contributed by atoms with Crippen LogP contribution in [0.1, 0.15) is 11.5 Å². The van der Waals surface area contributed by atoms with Crippen molar-refractivity contribution >= 4 is 23.2 Å². The number of hydrogen-bond acceptors (Lipinski definition) is 8. The monoisotopic (exact) mass is 412 g/mol. The molecule has 0 aromatic carbocycles. The molecule has 160 valence electrons. The topological polar surface area (TPSA) is 98.3 Å². The minimum Gasteiger partial charge on any atom is -0.449 e. The van der Waals surface area contributed by atoms with E-state index < -0.39 is 0 Å². The number of furan rings is 1. The Balaban J connectivity index is 0.000000589. The van der Waals surface area contributed by atoms with Crippen molar-refractivity contribution in [2.75, 3.05) is 44.8 Å². The minimum absolute atomic E-state index is 0.639. The number of aryl methyl sites for hydroxylation is 2. The molecule has 0 spiro atoms. The first kappa shape index (κ1) is 21.7. The van der Waals surface area contributed by atoms with Gasteiger partial charge in [0.25, 0.3) is 0 Å². The fourth-order valence-corrected chi connectivity index (χ4v) is 3.22. The number of aromatic nitrogens is 4. The number of carbonyl (C=O) groups excluding carboxylic acids is 1. The van der Waals surface area contributed by atoms with Crippen molar-refractivity contribution in [1.29, 1.82) is 0 Å². The van der Waals surface area contributed by atoms with Gasteiger partial charge < -0.3 is 19.4 Å². The lowest BCUT2D eigenvalue weighted by molar-refractivity contribution is -0.104. The molecular formula is C21H28N6O3. The Morgan fingerprint density at radius 3 is 2.63 bits per heavy atom. The summed E-state index contributed by atoms with van der Waals surface area (Å²) in [4.78, 5) is 20.4. The number of likely N-dealkylation sites (N-methyl/N-ethyl adjacent to an activating group) is 1. The van der Waals surface area contributed by atoms with E-state index in [1.54, 1.807) is 0 Å². The van der Waals surface area contributed by atoms with Crippen LogP contribution in [0.25, 0.3) is 22.6 Å². The number of ether oxygens (including phenoxy) is 1. The molecule has 3 aromatic heterocycles. The van der Waals surface area contributed by atoms with Crippen molar-refractivity contribution in [3.05, 3.63) is 36.3 Å². The molecule has 1 aliphatic rings. The number of anilines is 1. The van der Waals surface area contributed by atoms with Crippen LogP contribution in [0, 0.1) is 13.8 Å². The standard InChI is InChI=1S/C18H24N6O2.C3H4O/c1-12-10-14(22-24(12)5-4-19-3)16-11-15-17(26-16)18(21-13(2)20-15)23-6-8-25-9-7-23;1-2-3-4/h10-11,19H,4-9H2,1-3H3;2-3H,1H2. The number of nitrogens with zero attached hydrogens (tertiary/aromatic N) is 5. The number of morpholine rings is 1. The molecule has 30 heavy (non-hydrogen) atoms. The van der Waals surface area contributed by atoms with Crippen LogP contribution < -0.4 is 10.2 Å². The number of carbonyl (C=O) groups is 1. The molecule has 0 unspecified atom stereocenters. The Bertz CT molecular complexity index is 998. The zero-order chi connectivity index (χ0) is 21.5. The Morgan fingerprint density at radius 2 is 1.97 bits per heavy atom. The van der Waals surface area contributed by atoms with Crippen LogP contribution in [-0.4, -0.2) is 65.9 Å². The molecule has 1 saturated heterocycles. The quantitative estimate of drug-likeness (QED) is 0.486. The molecule has 9 heteroatoms. The molecule has 4 rings (SSSR count). The number of fused-ring (bicyclic) bond motifs is 1. The van der Waals surface area contributed by atoms with Crippen molar-refractivity contribution in [3.63, 3.8) is 0 Å². The SMILES string of the molecule is C=CC=O.CNCCn1nc(-c2cc3nc(C)nc(N4CCOCC4)c3o2)cc1C. The van der Waals surface area contributed by atoms with Crippen LogP contribution in [0.3, 0.4) is 0 Å². The van der Waals surface area contributed by atoms with E-state index in [4.69, 9.17) is 13.9 Å². The summed E-state index contributed by atoms with van der Waals surface area (Å²) in [6.45, 7) is 11.8. The van der Waals surface area contributed by atoms with Crippen molar-refractivity contribution in [3.8, 4) is 11.5 Å². The van der Waals surface area contributed by atoms with Gasteiger partial charge in [-0.1, -0.05) is 6.58 Å². The average molecular weight is 412 g/mol. The summed E-state index contributed by atoms with van der Waals surface area (Å²) in [5.74, 6) is 2.30. The van der Waals surface area contributed by atoms with E-state index in [0.29, 0.717) is 19.5 Å². The van der Waals surface area contributed by atoms with Gasteiger partial charge in [0.05, 0.1) is 19.8 Å². The Morgan fingerprint density at radius 1 is 1.23 bits per heavy atom. The molecule has 3 aromatic rings. The van der Waals surface area contributed by atoms with Crippen LogP contribution in [0.15, 0.2) is 29.2 Å². The summed E-state index contributed by atoms with van der Waals surface area (Å²) in [6, 6.07) is 4.00. The largest absolute Gasteiger partial charge is 0.449 e. The van der Waals surface area contributed by atoms with Crippen molar-refractivity contribution < 1.29 is 13.9 Å². The second kappa shape index (κ2) is 10.1. The van der Waals surface area contributed by atoms with Crippen LogP contribution in [0.2, 0.25) is 0 Å². The Kier molecular flexibility index (Phi) is 7.31. The number of allylic oxidation sites excluding steroid dienone is 1. The smallest absolute Gasteiger partial charge is 0.195 e. The van der Waals surface area contributed by atoms with Gasteiger partial charge in [-0.15, -0.1) is 0 Å². The molecule has 1 fully saturated rings. The van der Waals surface area contributed by atoms with Crippen LogP contribution in [-0.2, 0) is 16.1 Å². The molecular weight excluding hydrogens is 384 g/mol. The van der Waals surface area contributed by atoms with Gasteiger partial charge in [-0.2, -0.15) is 5.10 Å². The van der Waals surface area contributed by atoms with Crippen LogP contribution >= 0.6 is 0 Å². The van der Waals surface area contributed by atoms with Gasteiger partial charge in [0.15, 0.2) is 17.2 Å². The van der Waals surface area contributed by atoms with Gasteiger partial charge in [0.1, 0.15) is 23.3 Å². The number of nitrogens with one attached hydrogen (secondary N) is 1. The predicted molar refractivity (Wildman–Crippen MR) is 116 cm³/mol. The lowest BCUT2D eigenvalue weighted by Crippen LogP contribution is -2.37. The highest BCUT2D eigenvalue weighted by atomic mass is 16.5. The van der Waals surface area contributed by atoms with Gasteiger partial charge in [0.2, 0.25) is 0 Å². The summed E-state index contributed by atoms with van der Waals surface area (Å²) in [5, 5.41) is 7.82. The van der Waals surface area contributed by atoms with Gasteiger partial charge in [0, 0.05) is 31.4 Å². The number of hydrogen-bond donors (Lipinski definition) is 1. The van der Waals surface area contributed by atoms with Gasteiger partial charge >= 0.3 is 0 Å². The van der Waals surface area contributed by atoms with E-state index >= 15 is 0 Å². The maximum atomic E-state index is 9.06. The van der Waals surface area contributed by atoms with Gasteiger partial charge in [-0.3, -0.25) is 9.48 Å². The zero-order valence-corrected chi connectivity index (χ0v) is 17.7. The van der Waals surface area contributed by atoms with E-state index in [1.165, 1.54) is 6.08 Å². The lowest BCUT2D eigenvalue weighted by atomic mass is 10.3. The molecule has 9 nitrogen and oxygen atoms in total. The summed E-state index contributed by atoms with van der Waals surface area (Å²) in [5.41, 5.74) is 3.46. The second-order valence-electron chi connectivity index (χ2n) is 6.89. The van der Waals surface area contributed by atoms with E-state index in [-0.39, 0.29) is 0 Å². The summed E-state index contributed by atoms with van der Waals surface area (Å²) in [7, 11) is 1.94. The molecule has 4 heterocycles. The molecule has 1 N–H and O–H groups in total. The minimum atomic E-state index is 0.639. The van der Waals surface area contributed by atoms with Gasteiger partial charge in [-0.25, -0.2) is 9.97 Å². The zero-order valence-electron chi connectivity index (χ0n) is 17.7. The van der Waals surface area contributed by atoms with Crippen molar-refractivity contribution in [1.82, 2.24) is 25.1 Å². The number of aldehydes is 1. The van der Waals surface area contributed by atoms with Crippen LogP contribution in [0.4, 0.5) is 5.82 Å². The van der Waals surface area contributed by atoms with Crippen LogP contribution in [0.5, 0.6) is 0 Å². The first-order valence-corrected chi connectivity index (χ1v) is 9.94. The molecule has 0 saturated carbocycles. The average Bonchev–Trinajstić information content (AvgIpc) is 3.35. The van der Waals surface area contributed by atoms with E-state index in [9.17, 15) is 0 Å². The van der Waals surface area contributed by atoms with Gasteiger partial charge in [-0.05, 0) is 33.0 Å². The molecule has 0 amide bonds. The molecule has 0 aliphatic carbocycles. The fraction of sp³-hybridized carbons (Fsp3) is 0.429. The third kappa shape index (κ3) is 4.92. The summed E-state index contributed by atoms with van der Waals surface area (Å²) >= 11 is 0. The van der Waals surface area contributed by atoms with E-state index in [0.717, 1.165) is 66.1 Å². The molecule has 0 bridgehead atoms. The Labute approximate surface area is 175 Å². The van der Waals surface area contributed by atoms with E-state index in [2.05, 4.69) is 38.8 Å². The van der Waals surface area contributed by atoms with Crippen molar-refractivity contribution in [2.45, 2.75) is 20.4 Å². The highest BCUT2D eigenvalue weighted by Crippen LogP contribution is 2.32. The molecule has 0 radical (unpaired) electrons. The third-order valence-electron chi connectivity index (χ3n) is 4.68. The molecule has 0 atom stereocenters. The normalized spacial score (nSPS) is 13.8. The second-order valence-corrected chi connectivity index (χ2v) is 6.89. The highest BCUT2D eigenvalue weighted by molar-refractivity contribution is 5.87. The fourth-order valence-electron chi connectivity index (χ4n) is 3.22. The third-order valence-corrected chi connectivity index (χ3v) is 4.68. The first-order chi connectivity index (χ1) is 14.6. The summed E-state index contributed by atoms with van der Waals surface area (Å²) < 4.78 is 13.6. The van der Waals surface area contributed by atoms with E-state index in [1.807, 2.05) is 30.8 Å². The first-order valence-electron chi connectivity index (χ1n) is 9.94.